The molecule has 1 heterocycles. The maximum Gasteiger partial charge on any atom is 0.425 e. The number of esters is 1. The van der Waals surface area contributed by atoms with Gasteiger partial charge in [-0.1, -0.05) is 24.3 Å². The Labute approximate surface area is 134 Å². The lowest BCUT2D eigenvalue weighted by Crippen LogP contribution is -2.00. The lowest BCUT2D eigenvalue weighted by atomic mass is 10.0. The van der Waals surface area contributed by atoms with Gasteiger partial charge in [0, 0.05) is 4.88 Å². The number of methoxy groups -OCH3 is 1. The Morgan fingerprint density at radius 3 is 2.52 bits per heavy atom. The Hall–Kier alpha value is -2.34. The van der Waals surface area contributed by atoms with Gasteiger partial charge in [0.15, 0.2) is 0 Å². The normalized spacial score (nSPS) is 11.7. The molecule has 1 aromatic heterocycles. The number of carbonyl (C=O) groups is 1. The van der Waals surface area contributed by atoms with Crippen LogP contribution in [0, 0.1) is 0 Å². The minimum Gasteiger partial charge on any atom is -0.465 e. The summed E-state index contributed by atoms with van der Waals surface area (Å²) in [6, 6.07) is 12.9. The summed E-state index contributed by atoms with van der Waals surface area (Å²) in [6.45, 7) is 0. The standard InChI is InChI=1S/C17H11F3O2S/c1-22-16(21)11-5-6-12-10(9-11)3-2-4-13(12)14-7-8-15(23-14)17(18,19)20/h2-9H,1H3. The third-order valence-electron chi connectivity index (χ3n) is 3.45. The molecule has 0 saturated heterocycles. The van der Waals surface area contributed by atoms with Gasteiger partial charge >= 0.3 is 12.1 Å². The quantitative estimate of drug-likeness (QED) is 0.588. The lowest BCUT2D eigenvalue weighted by molar-refractivity contribution is -0.134. The van der Waals surface area contributed by atoms with Crippen molar-refractivity contribution in [3.05, 3.63) is 59.0 Å². The summed E-state index contributed by atoms with van der Waals surface area (Å²) < 4.78 is 43.0. The van der Waals surface area contributed by atoms with Gasteiger partial charge in [-0.2, -0.15) is 13.2 Å². The molecule has 6 heteroatoms. The predicted molar refractivity (Wildman–Crippen MR) is 83.6 cm³/mol. The number of hydrogen-bond donors (Lipinski definition) is 0. The molecule has 118 valence electrons. The van der Waals surface area contributed by atoms with E-state index in [9.17, 15) is 18.0 Å². The van der Waals surface area contributed by atoms with E-state index in [0.29, 0.717) is 27.3 Å². The van der Waals surface area contributed by atoms with Gasteiger partial charge in [0.1, 0.15) is 4.88 Å². The van der Waals surface area contributed by atoms with E-state index < -0.39 is 17.0 Å². The van der Waals surface area contributed by atoms with Crippen molar-refractivity contribution in [2.45, 2.75) is 6.18 Å². The van der Waals surface area contributed by atoms with Crippen LogP contribution < -0.4 is 0 Å². The van der Waals surface area contributed by atoms with Crippen molar-refractivity contribution in [2.24, 2.45) is 0 Å². The smallest absolute Gasteiger partial charge is 0.425 e. The van der Waals surface area contributed by atoms with Gasteiger partial charge in [0.2, 0.25) is 0 Å². The first-order chi connectivity index (χ1) is 10.9. The van der Waals surface area contributed by atoms with Crippen molar-refractivity contribution in [3.8, 4) is 10.4 Å². The predicted octanol–water partition coefficient (Wildman–Crippen LogP) is 5.37. The van der Waals surface area contributed by atoms with Crippen LogP contribution in [-0.4, -0.2) is 13.1 Å². The number of ether oxygens (including phenoxy) is 1. The Morgan fingerprint density at radius 1 is 1.09 bits per heavy atom. The summed E-state index contributed by atoms with van der Waals surface area (Å²) in [5, 5.41) is 1.56. The molecule has 0 aliphatic rings. The molecule has 3 rings (SSSR count). The Kier molecular flexibility index (Phi) is 3.85. The van der Waals surface area contributed by atoms with E-state index in [-0.39, 0.29) is 0 Å². The second kappa shape index (κ2) is 5.70. The molecule has 0 fully saturated rings. The molecule has 0 spiro atoms. The summed E-state index contributed by atoms with van der Waals surface area (Å²) in [4.78, 5) is 11.5. The number of alkyl halides is 3. The number of thiophene rings is 1. The number of rotatable bonds is 2. The topological polar surface area (TPSA) is 26.3 Å². The van der Waals surface area contributed by atoms with Gasteiger partial charge in [-0.15, -0.1) is 11.3 Å². The highest BCUT2D eigenvalue weighted by Crippen LogP contribution is 2.40. The molecule has 0 aliphatic heterocycles. The molecule has 0 saturated carbocycles. The molecule has 0 aliphatic carbocycles. The first-order valence-electron chi connectivity index (χ1n) is 6.68. The minimum absolute atomic E-state index is 0.402. The Bertz CT molecular complexity index is 881. The van der Waals surface area contributed by atoms with Crippen LogP contribution in [0.5, 0.6) is 0 Å². The molecule has 2 aromatic carbocycles. The third kappa shape index (κ3) is 2.94. The summed E-state index contributed by atoms with van der Waals surface area (Å²) in [6.07, 6.45) is -4.34. The van der Waals surface area contributed by atoms with E-state index in [2.05, 4.69) is 4.74 Å². The van der Waals surface area contributed by atoms with Gasteiger partial charge in [-0.3, -0.25) is 0 Å². The van der Waals surface area contributed by atoms with Crippen molar-refractivity contribution in [3.63, 3.8) is 0 Å². The second-order valence-electron chi connectivity index (χ2n) is 4.89. The van der Waals surface area contributed by atoms with Gasteiger partial charge < -0.3 is 4.74 Å². The van der Waals surface area contributed by atoms with E-state index >= 15 is 0 Å². The van der Waals surface area contributed by atoms with Gasteiger partial charge in [-0.25, -0.2) is 4.79 Å². The minimum atomic E-state index is -4.34. The number of hydrogen-bond acceptors (Lipinski definition) is 3. The fraction of sp³-hybridized carbons (Fsp3) is 0.118. The average molecular weight is 336 g/mol. The zero-order valence-electron chi connectivity index (χ0n) is 12.0. The first-order valence-corrected chi connectivity index (χ1v) is 7.50. The Balaban J connectivity index is 2.11. The van der Waals surface area contributed by atoms with Crippen molar-refractivity contribution in [1.29, 1.82) is 0 Å². The summed E-state index contributed by atoms with van der Waals surface area (Å²) in [5.41, 5.74) is 1.11. The zero-order valence-corrected chi connectivity index (χ0v) is 12.8. The highest BCUT2D eigenvalue weighted by Gasteiger charge is 2.32. The van der Waals surface area contributed by atoms with Gasteiger partial charge in [-0.05, 0) is 40.6 Å². The van der Waals surface area contributed by atoms with E-state index in [1.807, 2.05) is 6.07 Å². The van der Waals surface area contributed by atoms with Gasteiger partial charge in [0.05, 0.1) is 12.7 Å². The molecule has 0 atom stereocenters. The number of benzene rings is 2. The average Bonchev–Trinajstić information content (AvgIpc) is 3.03. The molecule has 0 amide bonds. The second-order valence-corrected chi connectivity index (χ2v) is 5.98. The van der Waals surface area contributed by atoms with Crippen LogP contribution in [0.25, 0.3) is 21.2 Å². The number of carbonyl (C=O) groups excluding carboxylic acids is 1. The number of halogens is 3. The SMILES string of the molecule is COC(=O)c1ccc2c(-c3ccc(C(F)(F)F)s3)cccc2c1. The van der Waals surface area contributed by atoms with Crippen LogP contribution in [0.4, 0.5) is 13.2 Å². The maximum atomic E-state index is 12.8. The molecule has 0 N–H and O–H groups in total. The maximum absolute atomic E-state index is 12.8. The monoisotopic (exact) mass is 336 g/mol. The van der Waals surface area contributed by atoms with Crippen molar-refractivity contribution in [2.75, 3.05) is 7.11 Å². The van der Waals surface area contributed by atoms with E-state index in [0.717, 1.165) is 16.8 Å². The third-order valence-corrected chi connectivity index (χ3v) is 4.62. The summed E-state index contributed by atoms with van der Waals surface area (Å²) >= 11 is 0.706. The zero-order chi connectivity index (χ0) is 16.6. The fourth-order valence-corrected chi connectivity index (χ4v) is 3.29. The fourth-order valence-electron chi connectivity index (χ4n) is 2.38. The number of fused-ring (bicyclic) bond motifs is 1. The molecule has 0 unspecified atom stereocenters. The molecular weight excluding hydrogens is 325 g/mol. The summed E-state index contributed by atoms with van der Waals surface area (Å²) in [7, 11) is 1.30. The van der Waals surface area contributed by atoms with E-state index in [1.165, 1.54) is 13.2 Å². The summed E-state index contributed by atoms with van der Waals surface area (Å²) in [5.74, 6) is -0.451. The van der Waals surface area contributed by atoms with Crippen molar-refractivity contribution < 1.29 is 22.7 Å². The lowest BCUT2D eigenvalue weighted by Gasteiger charge is -2.07. The van der Waals surface area contributed by atoms with Crippen LogP contribution in [0.1, 0.15) is 15.2 Å². The molecule has 0 bridgehead atoms. The molecule has 23 heavy (non-hydrogen) atoms. The largest absolute Gasteiger partial charge is 0.465 e. The highest BCUT2D eigenvalue weighted by molar-refractivity contribution is 7.15. The highest BCUT2D eigenvalue weighted by atomic mass is 32.1. The molecule has 0 radical (unpaired) electrons. The van der Waals surface area contributed by atoms with Crippen LogP contribution in [0.15, 0.2) is 48.5 Å². The van der Waals surface area contributed by atoms with Crippen LogP contribution in [0.3, 0.4) is 0 Å². The molecule has 3 aromatic rings. The van der Waals surface area contributed by atoms with Crippen molar-refractivity contribution >= 4 is 28.1 Å². The molecular formula is C17H11F3O2S. The van der Waals surface area contributed by atoms with Crippen LogP contribution >= 0.6 is 11.3 Å². The van der Waals surface area contributed by atoms with Gasteiger partial charge in [0.25, 0.3) is 0 Å². The Morgan fingerprint density at radius 2 is 1.87 bits per heavy atom. The van der Waals surface area contributed by atoms with E-state index in [4.69, 9.17) is 0 Å². The van der Waals surface area contributed by atoms with Crippen molar-refractivity contribution in [1.82, 2.24) is 0 Å². The van der Waals surface area contributed by atoms with Crippen LogP contribution in [0.2, 0.25) is 0 Å². The first kappa shape index (κ1) is 15.6. The van der Waals surface area contributed by atoms with E-state index in [1.54, 1.807) is 30.3 Å². The molecule has 2 nitrogen and oxygen atoms in total. The van der Waals surface area contributed by atoms with Crippen LogP contribution in [-0.2, 0) is 10.9 Å².